The fourth-order valence-corrected chi connectivity index (χ4v) is 3.27. The Morgan fingerprint density at radius 3 is 3.04 bits per heavy atom. The van der Waals surface area contributed by atoms with Crippen LogP contribution in [0.1, 0.15) is 33.7 Å². The number of nitrogens with one attached hydrogen (secondary N) is 1. The highest BCUT2D eigenvalue weighted by Gasteiger charge is 2.25. The molecule has 0 fully saturated rings. The quantitative estimate of drug-likeness (QED) is 0.923. The molecular formula is C14H16N4O4S. The lowest BCUT2D eigenvalue weighted by molar-refractivity contribution is 0.0987. The summed E-state index contributed by atoms with van der Waals surface area (Å²) in [6, 6.07) is 1.56. The van der Waals surface area contributed by atoms with Gasteiger partial charge >= 0.3 is 6.09 Å². The van der Waals surface area contributed by atoms with Gasteiger partial charge in [0, 0.05) is 23.9 Å². The highest BCUT2D eigenvalue weighted by atomic mass is 32.1. The van der Waals surface area contributed by atoms with Gasteiger partial charge in [-0.25, -0.2) is 9.78 Å². The van der Waals surface area contributed by atoms with E-state index in [1.54, 1.807) is 24.8 Å². The first-order chi connectivity index (χ1) is 11.1. The number of anilines is 1. The summed E-state index contributed by atoms with van der Waals surface area (Å²) in [7, 11) is 0. The van der Waals surface area contributed by atoms with Gasteiger partial charge in [-0.1, -0.05) is 16.5 Å². The van der Waals surface area contributed by atoms with Crippen molar-refractivity contribution in [3.05, 3.63) is 28.1 Å². The zero-order valence-electron chi connectivity index (χ0n) is 12.8. The zero-order chi connectivity index (χ0) is 16.4. The Morgan fingerprint density at radius 1 is 1.52 bits per heavy atom. The minimum Gasteiger partial charge on any atom is -0.450 e. The molecule has 0 atom stereocenters. The third-order valence-corrected chi connectivity index (χ3v) is 4.33. The topological polar surface area (TPSA) is 97.6 Å². The third kappa shape index (κ3) is 3.34. The Hall–Kier alpha value is -2.42. The van der Waals surface area contributed by atoms with Crippen LogP contribution in [-0.2, 0) is 17.7 Å². The molecule has 1 aliphatic rings. The fraction of sp³-hybridized carbons (Fsp3) is 0.429. The van der Waals surface area contributed by atoms with E-state index < -0.39 is 0 Å². The highest BCUT2D eigenvalue weighted by molar-refractivity contribution is 7.15. The van der Waals surface area contributed by atoms with E-state index in [0.717, 1.165) is 10.6 Å². The molecule has 1 aliphatic heterocycles. The smallest absolute Gasteiger partial charge is 0.410 e. The molecule has 2 aromatic rings. The number of ether oxygens (including phenoxy) is 1. The molecule has 0 bridgehead atoms. The lowest BCUT2D eigenvalue weighted by Gasteiger charge is -2.24. The molecule has 23 heavy (non-hydrogen) atoms. The van der Waals surface area contributed by atoms with Crippen molar-refractivity contribution in [2.45, 2.75) is 26.8 Å². The van der Waals surface area contributed by atoms with Crippen molar-refractivity contribution in [2.24, 2.45) is 0 Å². The van der Waals surface area contributed by atoms with E-state index in [1.165, 1.54) is 11.3 Å². The number of hydrogen-bond donors (Lipinski definition) is 1. The standard InChI is InChI=1S/C14H16N4O4S/c1-3-21-14(20)18-5-4-9-11(7-18)23-13(15-9)16-12(19)10-6-8(2)17-22-10/h6H,3-5,7H2,1-2H3,(H,15,16,19). The molecule has 122 valence electrons. The normalized spacial score (nSPS) is 13.6. The van der Waals surface area contributed by atoms with E-state index in [4.69, 9.17) is 9.26 Å². The summed E-state index contributed by atoms with van der Waals surface area (Å²) < 4.78 is 9.93. The average Bonchev–Trinajstić information content (AvgIpc) is 3.12. The van der Waals surface area contributed by atoms with Gasteiger partial charge in [0.15, 0.2) is 5.13 Å². The van der Waals surface area contributed by atoms with Crippen LogP contribution >= 0.6 is 11.3 Å². The molecule has 0 aliphatic carbocycles. The lowest BCUT2D eigenvalue weighted by Crippen LogP contribution is -2.35. The summed E-state index contributed by atoms with van der Waals surface area (Å²) in [4.78, 5) is 30.8. The molecule has 2 aromatic heterocycles. The first kappa shape index (κ1) is 15.5. The van der Waals surface area contributed by atoms with E-state index in [0.29, 0.717) is 36.9 Å². The van der Waals surface area contributed by atoms with E-state index in [9.17, 15) is 9.59 Å². The maximum Gasteiger partial charge on any atom is 0.410 e. The van der Waals surface area contributed by atoms with Gasteiger partial charge in [0.2, 0.25) is 5.76 Å². The second-order valence-electron chi connectivity index (χ2n) is 5.05. The van der Waals surface area contributed by atoms with Crippen LogP contribution in [-0.4, -0.2) is 40.2 Å². The first-order valence-electron chi connectivity index (χ1n) is 7.21. The van der Waals surface area contributed by atoms with Crippen LogP contribution in [0.2, 0.25) is 0 Å². The van der Waals surface area contributed by atoms with Gasteiger partial charge < -0.3 is 14.2 Å². The molecule has 3 rings (SSSR count). The summed E-state index contributed by atoms with van der Waals surface area (Å²) in [5.41, 5.74) is 1.54. The van der Waals surface area contributed by atoms with Crippen molar-refractivity contribution in [1.29, 1.82) is 0 Å². The van der Waals surface area contributed by atoms with Crippen LogP contribution in [0.15, 0.2) is 10.6 Å². The summed E-state index contributed by atoms with van der Waals surface area (Å²) >= 11 is 1.35. The average molecular weight is 336 g/mol. The van der Waals surface area contributed by atoms with Crippen LogP contribution in [0.5, 0.6) is 0 Å². The predicted molar refractivity (Wildman–Crippen MR) is 82.4 cm³/mol. The van der Waals surface area contributed by atoms with Crippen molar-refractivity contribution < 1.29 is 18.8 Å². The second-order valence-corrected chi connectivity index (χ2v) is 6.13. The molecular weight excluding hydrogens is 320 g/mol. The van der Waals surface area contributed by atoms with Crippen molar-refractivity contribution in [2.75, 3.05) is 18.5 Å². The van der Waals surface area contributed by atoms with Gasteiger partial charge in [-0.3, -0.25) is 10.1 Å². The minimum absolute atomic E-state index is 0.142. The van der Waals surface area contributed by atoms with Crippen LogP contribution in [0.3, 0.4) is 0 Å². The first-order valence-corrected chi connectivity index (χ1v) is 8.03. The molecule has 8 nitrogen and oxygen atoms in total. The predicted octanol–water partition coefficient (Wildman–Crippen LogP) is 2.21. The maximum absolute atomic E-state index is 12.0. The summed E-state index contributed by atoms with van der Waals surface area (Å²) in [5, 5.41) is 6.86. The largest absolute Gasteiger partial charge is 0.450 e. The van der Waals surface area contributed by atoms with Gasteiger partial charge in [-0.2, -0.15) is 0 Å². The third-order valence-electron chi connectivity index (χ3n) is 3.33. The molecule has 0 saturated heterocycles. The Kier molecular flexibility index (Phi) is 4.28. The fourth-order valence-electron chi connectivity index (χ4n) is 2.25. The van der Waals surface area contributed by atoms with Gasteiger partial charge in [-0.15, -0.1) is 0 Å². The van der Waals surface area contributed by atoms with E-state index >= 15 is 0 Å². The molecule has 0 spiro atoms. The monoisotopic (exact) mass is 336 g/mol. The van der Waals surface area contributed by atoms with Gasteiger partial charge in [0.25, 0.3) is 5.91 Å². The van der Waals surface area contributed by atoms with Crippen molar-refractivity contribution in [3.63, 3.8) is 0 Å². The van der Waals surface area contributed by atoms with Crippen LogP contribution in [0.25, 0.3) is 0 Å². The summed E-state index contributed by atoms with van der Waals surface area (Å²) in [5.74, 6) is -0.247. The van der Waals surface area contributed by atoms with Crippen molar-refractivity contribution in [3.8, 4) is 0 Å². The van der Waals surface area contributed by atoms with Gasteiger partial charge in [0.1, 0.15) is 0 Å². The second kappa shape index (κ2) is 6.37. The number of rotatable bonds is 3. The highest BCUT2D eigenvalue weighted by Crippen LogP contribution is 2.28. The minimum atomic E-state index is -0.390. The summed E-state index contributed by atoms with van der Waals surface area (Å²) in [6.45, 7) is 4.88. The van der Waals surface area contributed by atoms with Gasteiger partial charge in [0.05, 0.1) is 24.5 Å². The van der Waals surface area contributed by atoms with Crippen molar-refractivity contribution in [1.82, 2.24) is 15.0 Å². The Morgan fingerprint density at radius 2 is 2.35 bits per heavy atom. The number of thiazole rings is 1. The Labute approximate surface area is 136 Å². The van der Waals surface area contributed by atoms with Crippen molar-refractivity contribution >= 4 is 28.5 Å². The molecule has 3 heterocycles. The number of aryl methyl sites for hydroxylation is 1. The van der Waals surface area contributed by atoms with Crippen LogP contribution < -0.4 is 5.32 Å². The number of hydrogen-bond acceptors (Lipinski definition) is 7. The Balaban J connectivity index is 1.68. The van der Waals surface area contributed by atoms with E-state index in [-0.39, 0.29) is 17.8 Å². The Bertz CT molecular complexity index is 739. The van der Waals surface area contributed by atoms with Crippen LogP contribution in [0, 0.1) is 6.92 Å². The molecule has 0 saturated carbocycles. The lowest BCUT2D eigenvalue weighted by atomic mass is 10.2. The molecule has 1 N–H and O–H groups in total. The van der Waals surface area contributed by atoms with E-state index in [2.05, 4.69) is 15.5 Å². The molecule has 2 amide bonds. The number of aromatic nitrogens is 2. The van der Waals surface area contributed by atoms with Gasteiger partial charge in [-0.05, 0) is 13.8 Å². The summed E-state index contributed by atoms with van der Waals surface area (Å²) in [6.07, 6.45) is 0.316. The maximum atomic E-state index is 12.0. The molecule has 0 unspecified atom stereocenters. The molecule has 0 radical (unpaired) electrons. The van der Waals surface area contributed by atoms with Crippen LogP contribution in [0.4, 0.5) is 9.93 Å². The molecule has 0 aromatic carbocycles. The zero-order valence-corrected chi connectivity index (χ0v) is 13.6. The van der Waals surface area contributed by atoms with E-state index in [1.807, 2.05) is 0 Å². The number of carbonyl (C=O) groups excluding carboxylic acids is 2. The number of amides is 2. The number of fused-ring (bicyclic) bond motifs is 1. The number of carbonyl (C=O) groups is 2. The molecule has 9 heteroatoms. The SMILES string of the molecule is CCOC(=O)N1CCc2nc(NC(=O)c3cc(C)no3)sc2C1. The number of nitrogens with zero attached hydrogens (tertiary/aromatic N) is 3.